The highest BCUT2D eigenvalue weighted by molar-refractivity contribution is 5.79. The van der Waals surface area contributed by atoms with Crippen molar-refractivity contribution in [2.45, 2.75) is 40.0 Å². The summed E-state index contributed by atoms with van der Waals surface area (Å²) < 4.78 is 5.41. The third-order valence-corrected chi connectivity index (χ3v) is 5.21. The van der Waals surface area contributed by atoms with Crippen LogP contribution in [0.25, 0.3) is 0 Å². The Balaban J connectivity index is 1.66. The highest BCUT2D eigenvalue weighted by Crippen LogP contribution is 2.32. The van der Waals surface area contributed by atoms with Crippen LogP contribution in [0.2, 0.25) is 0 Å². The SMILES string of the molecule is CN1C=C(C2CCCN(C(=O)C3CCOC3)C2)N(CC(C)(C)C)C1. The van der Waals surface area contributed by atoms with Gasteiger partial charge in [0.05, 0.1) is 19.2 Å². The number of hydrogen-bond acceptors (Lipinski definition) is 4. The molecule has 5 nitrogen and oxygen atoms in total. The summed E-state index contributed by atoms with van der Waals surface area (Å²) in [5, 5.41) is 0. The van der Waals surface area contributed by atoms with Crippen molar-refractivity contribution in [3.05, 3.63) is 11.9 Å². The molecule has 2 fully saturated rings. The van der Waals surface area contributed by atoms with Crippen molar-refractivity contribution in [2.75, 3.05) is 46.6 Å². The number of likely N-dealkylation sites (tertiary alicyclic amines) is 1. The first-order chi connectivity index (χ1) is 11.3. The summed E-state index contributed by atoms with van der Waals surface area (Å²) in [6.45, 7) is 12.0. The third-order valence-electron chi connectivity index (χ3n) is 5.21. The molecule has 3 heterocycles. The first-order valence-electron chi connectivity index (χ1n) is 9.37. The number of rotatable bonds is 3. The van der Waals surface area contributed by atoms with Crippen LogP contribution in [0.15, 0.2) is 11.9 Å². The maximum Gasteiger partial charge on any atom is 0.228 e. The standard InChI is InChI=1S/C19H33N3O2/c1-19(2,3)13-22-14-20(4)11-17(22)15-6-5-8-21(10-15)18(23)16-7-9-24-12-16/h11,15-16H,5-10,12-14H2,1-4H3. The van der Waals surface area contributed by atoms with Crippen molar-refractivity contribution < 1.29 is 9.53 Å². The maximum atomic E-state index is 12.7. The van der Waals surface area contributed by atoms with E-state index in [-0.39, 0.29) is 11.3 Å². The molecule has 3 aliphatic heterocycles. The Morgan fingerprint density at radius 2 is 2.12 bits per heavy atom. The highest BCUT2D eigenvalue weighted by Gasteiger charge is 2.35. The number of carbonyl (C=O) groups excluding carboxylic acids is 1. The fourth-order valence-corrected chi connectivity index (χ4v) is 4.18. The van der Waals surface area contributed by atoms with Crippen molar-refractivity contribution in [1.29, 1.82) is 0 Å². The van der Waals surface area contributed by atoms with E-state index in [1.807, 2.05) is 0 Å². The van der Waals surface area contributed by atoms with Crippen LogP contribution in [0.5, 0.6) is 0 Å². The molecule has 2 saturated heterocycles. The number of piperidine rings is 1. The van der Waals surface area contributed by atoms with Gasteiger partial charge in [-0.2, -0.15) is 0 Å². The van der Waals surface area contributed by atoms with E-state index in [9.17, 15) is 4.79 Å². The van der Waals surface area contributed by atoms with Gasteiger partial charge in [-0.05, 0) is 24.7 Å². The van der Waals surface area contributed by atoms with E-state index in [1.165, 1.54) is 12.1 Å². The van der Waals surface area contributed by atoms with Crippen molar-refractivity contribution in [3.8, 4) is 0 Å². The normalized spacial score (nSPS) is 28.5. The second-order valence-corrected chi connectivity index (χ2v) is 8.89. The lowest BCUT2D eigenvalue weighted by Crippen LogP contribution is -2.45. The Labute approximate surface area is 146 Å². The number of hydrogen-bond donors (Lipinski definition) is 0. The van der Waals surface area contributed by atoms with Crippen molar-refractivity contribution in [3.63, 3.8) is 0 Å². The van der Waals surface area contributed by atoms with Crippen molar-refractivity contribution in [2.24, 2.45) is 17.3 Å². The molecule has 0 aromatic heterocycles. The van der Waals surface area contributed by atoms with Crippen LogP contribution in [0.4, 0.5) is 0 Å². The molecule has 0 aromatic rings. The predicted molar refractivity (Wildman–Crippen MR) is 95.1 cm³/mol. The molecule has 0 N–H and O–H groups in total. The zero-order chi connectivity index (χ0) is 17.3. The Bertz CT molecular complexity index is 491. The minimum absolute atomic E-state index is 0.0923. The molecular weight excluding hydrogens is 302 g/mol. The van der Waals surface area contributed by atoms with Gasteiger partial charge < -0.3 is 19.4 Å². The molecular formula is C19H33N3O2. The summed E-state index contributed by atoms with van der Waals surface area (Å²) in [5.74, 6) is 0.874. The summed E-state index contributed by atoms with van der Waals surface area (Å²) in [5.41, 5.74) is 1.70. The summed E-state index contributed by atoms with van der Waals surface area (Å²) >= 11 is 0. The molecule has 3 aliphatic rings. The average Bonchev–Trinajstić information content (AvgIpc) is 3.15. The largest absolute Gasteiger partial charge is 0.381 e. The van der Waals surface area contributed by atoms with Crippen LogP contribution in [0.1, 0.15) is 40.0 Å². The van der Waals surface area contributed by atoms with E-state index >= 15 is 0 Å². The van der Waals surface area contributed by atoms with E-state index in [1.54, 1.807) is 0 Å². The molecule has 136 valence electrons. The molecule has 5 heteroatoms. The van der Waals surface area contributed by atoms with Crippen molar-refractivity contribution in [1.82, 2.24) is 14.7 Å². The van der Waals surface area contributed by atoms with Gasteiger partial charge in [0.2, 0.25) is 5.91 Å². The summed E-state index contributed by atoms with van der Waals surface area (Å²) in [7, 11) is 2.14. The monoisotopic (exact) mass is 335 g/mol. The Morgan fingerprint density at radius 3 is 2.79 bits per heavy atom. The fraction of sp³-hybridized carbons (Fsp3) is 0.842. The third kappa shape index (κ3) is 4.05. The Morgan fingerprint density at radius 1 is 1.33 bits per heavy atom. The molecule has 2 unspecified atom stereocenters. The lowest BCUT2D eigenvalue weighted by atomic mass is 9.91. The number of carbonyl (C=O) groups is 1. The van der Waals surface area contributed by atoms with Gasteiger partial charge in [0.25, 0.3) is 0 Å². The second kappa shape index (κ2) is 6.95. The van der Waals surface area contributed by atoms with Crippen LogP contribution in [0, 0.1) is 17.3 Å². The van der Waals surface area contributed by atoms with E-state index in [4.69, 9.17) is 4.74 Å². The molecule has 2 atom stereocenters. The van der Waals surface area contributed by atoms with Crippen LogP contribution in [-0.4, -0.2) is 67.2 Å². The lowest BCUT2D eigenvalue weighted by Gasteiger charge is -2.38. The van der Waals surface area contributed by atoms with Gasteiger partial charge in [-0.1, -0.05) is 20.8 Å². The molecule has 0 aliphatic carbocycles. The van der Waals surface area contributed by atoms with E-state index in [2.05, 4.69) is 48.7 Å². The number of ether oxygens (including phenoxy) is 1. The van der Waals surface area contributed by atoms with Crippen LogP contribution in [-0.2, 0) is 9.53 Å². The van der Waals surface area contributed by atoms with Crippen molar-refractivity contribution >= 4 is 5.91 Å². The van der Waals surface area contributed by atoms with Crippen LogP contribution in [0.3, 0.4) is 0 Å². The summed E-state index contributed by atoms with van der Waals surface area (Å²) in [4.78, 5) is 19.6. The predicted octanol–water partition coefficient (Wildman–Crippen LogP) is 2.35. The Kier molecular flexibility index (Phi) is 5.09. The summed E-state index contributed by atoms with van der Waals surface area (Å²) in [6, 6.07) is 0. The Hall–Kier alpha value is -1.23. The van der Waals surface area contributed by atoms with Gasteiger partial charge in [-0.15, -0.1) is 0 Å². The number of amides is 1. The van der Waals surface area contributed by atoms with E-state index in [0.717, 1.165) is 45.8 Å². The quantitative estimate of drug-likeness (QED) is 0.793. The molecule has 0 spiro atoms. The van der Waals surface area contributed by atoms with Crippen LogP contribution < -0.4 is 0 Å². The lowest BCUT2D eigenvalue weighted by molar-refractivity contribution is -0.137. The fourth-order valence-electron chi connectivity index (χ4n) is 4.18. The number of nitrogens with zero attached hydrogens (tertiary/aromatic N) is 3. The maximum absolute atomic E-state index is 12.7. The smallest absolute Gasteiger partial charge is 0.228 e. The molecule has 1 amide bonds. The van der Waals surface area contributed by atoms with E-state index < -0.39 is 0 Å². The second-order valence-electron chi connectivity index (χ2n) is 8.89. The zero-order valence-electron chi connectivity index (χ0n) is 15.8. The molecule has 24 heavy (non-hydrogen) atoms. The molecule has 0 saturated carbocycles. The molecule has 0 bridgehead atoms. The molecule has 0 aromatic carbocycles. The van der Waals surface area contributed by atoms with Gasteiger partial charge in [-0.25, -0.2) is 0 Å². The first kappa shape index (κ1) is 17.6. The minimum Gasteiger partial charge on any atom is -0.381 e. The van der Waals surface area contributed by atoms with Gasteiger partial charge in [0, 0.05) is 51.1 Å². The van der Waals surface area contributed by atoms with Gasteiger partial charge in [0.1, 0.15) is 0 Å². The summed E-state index contributed by atoms with van der Waals surface area (Å²) in [6.07, 6.45) is 5.48. The molecule has 3 rings (SSSR count). The van der Waals surface area contributed by atoms with Gasteiger partial charge in [0.15, 0.2) is 0 Å². The van der Waals surface area contributed by atoms with E-state index in [0.29, 0.717) is 18.4 Å². The topological polar surface area (TPSA) is 36.0 Å². The highest BCUT2D eigenvalue weighted by atomic mass is 16.5. The minimum atomic E-state index is 0.0923. The first-order valence-corrected chi connectivity index (χ1v) is 9.37. The zero-order valence-corrected chi connectivity index (χ0v) is 15.8. The van der Waals surface area contributed by atoms with Crippen LogP contribution >= 0.6 is 0 Å². The average molecular weight is 335 g/mol. The van der Waals surface area contributed by atoms with Gasteiger partial charge >= 0.3 is 0 Å². The van der Waals surface area contributed by atoms with Gasteiger partial charge in [-0.3, -0.25) is 4.79 Å². The molecule has 0 radical (unpaired) electrons.